The van der Waals surface area contributed by atoms with Crippen LogP contribution >= 0.6 is 39.9 Å². The standard InChI is InChI=1S/C23H20BrN3O2S2/c1-3-11-26-22(28)20(31-23(26)30)13-16-14-27(17-7-5-4-6-8-17)25-21(16)15-9-10-19(29-2)18(24)12-15/h4-10,12-14H,3,11H2,1-2H3/b20-13+. The highest BCUT2D eigenvalue weighted by molar-refractivity contribution is 9.10. The van der Waals surface area contributed by atoms with E-state index < -0.39 is 0 Å². The molecule has 31 heavy (non-hydrogen) atoms. The first-order valence-electron chi connectivity index (χ1n) is 9.76. The maximum Gasteiger partial charge on any atom is 0.266 e. The van der Waals surface area contributed by atoms with Crippen molar-refractivity contribution in [1.82, 2.24) is 14.7 Å². The summed E-state index contributed by atoms with van der Waals surface area (Å²) in [6.45, 7) is 2.66. The van der Waals surface area contributed by atoms with E-state index in [1.54, 1.807) is 12.0 Å². The first kappa shape index (κ1) is 21.8. The third-order valence-electron chi connectivity index (χ3n) is 4.80. The topological polar surface area (TPSA) is 47.4 Å². The molecule has 1 aliphatic rings. The van der Waals surface area contributed by atoms with Gasteiger partial charge in [0.25, 0.3) is 5.91 Å². The van der Waals surface area contributed by atoms with Crippen molar-refractivity contribution >= 4 is 56.2 Å². The minimum Gasteiger partial charge on any atom is -0.496 e. The third kappa shape index (κ3) is 4.46. The Hall–Kier alpha value is -2.42. The Morgan fingerprint density at radius 1 is 1.23 bits per heavy atom. The fourth-order valence-corrected chi connectivity index (χ4v) is 5.14. The molecule has 4 rings (SSSR count). The summed E-state index contributed by atoms with van der Waals surface area (Å²) in [5.41, 5.74) is 3.47. The molecule has 0 unspecified atom stereocenters. The fourth-order valence-electron chi connectivity index (χ4n) is 3.30. The van der Waals surface area contributed by atoms with Crippen LogP contribution in [0.1, 0.15) is 18.9 Å². The molecular weight excluding hydrogens is 494 g/mol. The molecule has 0 aliphatic carbocycles. The molecule has 1 saturated heterocycles. The van der Waals surface area contributed by atoms with Gasteiger partial charge in [0.1, 0.15) is 15.8 Å². The molecule has 158 valence electrons. The highest BCUT2D eigenvalue weighted by atomic mass is 79.9. The maximum absolute atomic E-state index is 12.9. The molecule has 0 radical (unpaired) electrons. The molecule has 1 aliphatic heterocycles. The second-order valence-electron chi connectivity index (χ2n) is 6.90. The van der Waals surface area contributed by atoms with Gasteiger partial charge in [-0.1, -0.05) is 49.1 Å². The zero-order chi connectivity index (χ0) is 22.0. The Labute approximate surface area is 199 Å². The fraction of sp³-hybridized carbons (Fsp3) is 0.174. The van der Waals surface area contributed by atoms with Crippen molar-refractivity contribution in [2.24, 2.45) is 0 Å². The zero-order valence-corrected chi connectivity index (χ0v) is 20.3. The van der Waals surface area contributed by atoms with Gasteiger partial charge in [-0.25, -0.2) is 4.68 Å². The highest BCUT2D eigenvalue weighted by Gasteiger charge is 2.31. The van der Waals surface area contributed by atoms with Crippen molar-refractivity contribution in [3.05, 3.63) is 69.7 Å². The van der Waals surface area contributed by atoms with Crippen LogP contribution in [0.25, 0.3) is 23.0 Å². The number of aromatic nitrogens is 2. The van der Waals surface area contributed by atoms with E-state index in [1.807, 2.05) is 72.4 Å². The number of carbonyl (C=O) groups excluding carboxylic acids is 1. The zero-order valence-electron chi connectivity index (χ0n) is 17.0. The summed E-state index contributed by atoms with van der Waals surface area (Å²) >= 11 is 10.3. The molecule has 0 saturated carbocycles. The molecule has 8 heteroatoms. The monoisotopic (exact) mass is 513 g/mol. The molecule has 0 N–H and O–H groups in total. The van der Waals surface area contributed by atoms with E-state index in [0.29, 0.717) is 15.8 Å². The maximum atomic E-state index is 12.9. The summed E-state index contributed by atoms with van der Waals surface area (Å²) in [6, 6.07) is 15.7. The van der Waals surface area contributed by atoms with Crippen molar-refractivity contribution < 1.29 is 9.53 Å². The number of methoxy groups -OCH3 is 1. The molecule has 3 aromatic rings. The molecule has 0 spiro atoms. The lowest BCUT2D eigenvalue weighted by Gasteiger charge is -2.11. The quantitative estimate of drug-likeness (QED) is 0.302. The summed E-state index contributed by atoms with van der Waals surface area (Å²) in [5.74, 6) is 0.694. The number of nitrogens with zero attached hydrogens (tertiary/aromatic N) is 3. The molecule has 2 heterocycles. The summed E-state index contributed by atoms with van der Waals surface area (Å²) in [4.78, 5) is 15.1. The van der Waals surface area contributed by atoms with Crippen LogP contribution in [-0.2, 0) is 4.79 Å². The van der Waals surface area contributed by atoms with Gasteiger partial charge in [-0.2, -0.15) is 5.10 Å². The highest BCUT2D eigenvalue weighted by Crippen LogP contribution is 2.36. The Morgan fingerprint density at radius 3 is 2.68 bits per heavy atom. The van der Waals surface area contributed by atoms with Gasteiger partial charge in [-0.05, 0) is 58.8 Å². The number of hydrogen-bond donors (Lipinski definition) is 0. The number of halogens is 1. The number of para-hydroxylation sites is 1. The van der Waals surface area contributed by atoms with Gasteiger partial charge in [0.2, 0.25) is 0 Å². The van der Waals surface area contributed by atoms with Gasteiger partial charge >= 0.3 is 0 Å². The van der Waals surface area contributed by atoms with Gasteiger partial charge < -0.3 is 4.74 Å². The van der Waals surface area contributed by atoms with Gasteiger partial charge in [-0.15, -0.1) is 0 Å². The van der Waals surface area contributed by atoms with Crippen LogP contribution in [0.5, 0.6) is 5.75 Å². The van der Waals surface area contributed by atoms with E-state index in [9.17, 15) is 4.79 Å². The van der Waals surface area contributed by atoms with Crippen LogP contribution in [0.15, 0.2) is 64.1 Å². The third-order valence-corrected chi connectivity index (χ3v) is 6.79. The number of thioether (sulfide) groups is 1. The van der Waals surface area contributed by atoms with Crippen LogP contribution in [0.4, 0.5) is 0 Å². The summed E-state index contributed by atoms with van der Waals surface area (Å²) in [7, 11) is 1.63. The summed E-state index contributed by atoms with van der Waals surface area (Å²) in [6.07, 6.45) is 4.68. The van der Waals surface area contributed by atoms with E-state index in [2.05, 4.69) is 15.9 Å². The van der Waals surface area contributed by atoms with Crippen LogP contribution < -0.4 is 4.74 Å². The predicted molar refractivity (Wildman–Crippen MR) is 133 cm³/mol. The minimum absolute atomic E-state index is 0.0498. The van der Waals surface area contributed by atoms with Crippen LogP contribution in [0.2, 0.25) is 0 Å². The Morgan fingerprint density at radius 2 is 2.00 bits per heavy atom. The number of hydrogen-bond acceptors (Lipinski definition) is 5. The average molecular weight is 514 g/mol. The number of amides is 1. The van der Waals surface area contributed by atoms with E-state index in [-0.39, 0.29) is 5.91 Å². The van der Waals surface area contributed by atoms with Gasteiger partial charge in [0.15, 0.2) is 0 Å². The first-order valence-corrected chi connectivity index (χ1v) is 11.8. The SMILES string of the molecule is CCCN1C(=O)/C(=C\c2cn(-c3ccccc3)nc2-c2ccc(OC)c(Br)c2)SC1=S. The molecule has 1 aromatic heterocycles. The number of benzene rings is 2. The normalized spacial score (nSPS) is 15.2. The summed E-state index contributed by atoms with van der Waals surface area (Å²) < 4.78 is 8.62. The van der Waals surface area contributed by atoms with E-state index in [0.717, 1.165) is 39.2 Å². The predicted octanol–water partition coefficient (Wildman–Crippen LogP) is 5.92. The van der Waals surface area contributed by atoms with Crippen LogP contribution in [0.3, 0.4) is 0 Å². The number of rotatable bonds is 6. The van der Waals surface area contributed by atoms with Crippen LogP contribution in [0, 0.1) is 0 Å². The lowest BCUT2D eigenvalue weighted by molar-refractivity contribution is -0.122. The molecule has 2 aromatic carbocycles. The lowest BCUT2D eigenvalue weighted by atomic mass is 10.1. The Bertz CT molecular complexity index is 1170. The second kappa shape index (κ2) is 9.38. The van der Waals surface area contributed by atoms with Gasteiger partial charge in [0.05, 0.1) is 22.2 Å². The molecule has 5 nitrogen and oxygen atoms in total. The second-order valence-corrected chi connectivity index (χ2v) is 9.43. The minimum atomic E-state index is -0.0498. The van der Waals surface area contributed by atoms with E-state index in [4.69, 9.17) is 22.1 Å². The van der Waals surface area contributed by atoms with Crippen molar-refractivity contribution in [3.8, 4) is 22.7 Å². The smallest absolute Gasteiger partial charge is 0.266 e. The number of ether oxygens (including phenoxy) is 1. The molecule has 0 bridgehead atoms. The largest absolute Gasteiger partial charge is 0.496 e. The number of carbonyl (C=O) groups is 1. The van der Waals surface area contributed by atoms with E-state index in [1.165, 1.54) is 11.8 Å². The Balaban J connectivity index is 1.81. The lowest BCUT2D eigenvalue weighted by Crippen LogP contribution is -2.28. The van der Waals surface area contributed by atoms with Crippen molar-refractivity contribution in [2.45, 2.75) is 13.3 Å². The van der Waals surface area contributed by atoms with E-state index >= 15 is 0 Å². The van der Waals surface area contributed by atoms with Crippen molar-refractivity contribution in [1.29, 1.82) is 0 Å². The Kier molecular flexibility index (Phi) is 6.60. The van der Waals surface area contributed by atoms with Crippen LogP contribution in [-0.4, -0.2) is 38.6 Å². The molecule has 0 atom stereocenters. The molecular formula is C23H20BrN3O2S2. The number of thiocarbonyl (C=S) groups is 1. The van der Waals surface area contributed by atoms with Crippen molar-refractivity contribution in [2.75, 3.05) is 13.7 Å². The first-order chi connectivity index (χ1) is 15.0. The molecule has 1 fully saturated rings. The van der Waals surface area contributed by atoms with Gasteiger partial charge in [0, 0.05) is 23.9 Å². The molecule has 1 amide bonds. The average Bonchev–Trinajstić information content (AvgIpc) is 3.31. The van der Waals surface area contributed by atoms with Crippen molar-refractivity contribution in [3.63, 3.8) is 0 Å². The van der Waals surface area contributed by atoms with Gasteiger partial charge in [-0.3, -0.25) is 9.69 Å². The summed E-state index contributed by atoms with van der Waals surface area (Å²) in [5, 5.41) is 4.83.